The largest absolute Gasteiger partial charge is 0.384 e. The van der Waals surface area contributed by atoms with Gasteiger partial charge in [-0.3, -0.25) is 4.79 Å². The van der Waals surface area contributed by atoms with Gasteiger partial charge in [0, 0.05) is 17.9 Å². The molecule has 0 aliphatic carbocycles. The molecule has 1 aromatic rings. The van der Waals surface area contributed by atoms with Crippen LogP contribution in [0.15, 0.2) is 23.4 Å². The highest BCUT2D eigenvalue weighted by Gasteiger charge is 2.31. The summed E-state index contributed by atoms with van der Waals surface area (Å²) in [6.07, 6.45) is -0.327. The molecule has 1 heterocycles. The van der Waals surface area contributed by atoms with E-state index in [0.29, 0.717) is 11.3 Å². The average molecular weight is 270 g/mol. The Kier molecular flexibility index (Phi) is 3.66. The number of benzene rings is 1. The van der Waals surface area contributed by atoms with Crippen LogP contribution in [0, 0.1) is 11.7 Å². The summed E-state index contributed by atoms with van der Waals surface area (Å²) in [6, 6.07) is 4.68. The van der Waals surface area contributed by atoms with Crippen LogP contribution in [0.4, 0.5) is 4.39 Å². The van der Waals surface area contributed by atoms with E-state index in [0.717, 1.165) is 0 Å². The van der Waals surface area contributed by atoms with E-state index in [1.54, 1.807) is 26.0 Å². The van der Waals surface area contributed by atoms with Crippen LogP contribution < -0.4 is 0 Å². The minimum absolute atomic E-state index is 0.0313. The van der Waals surface area contributed by atoms with E-state index in [9.17, 15) is 9.18 Å². The van der Waals surface area contributed by atoms with Crippen molar-refractivity contribution in [2.45, 2.75) is 26.4 Å². The quantitative estimate of drug-likeness (QED) is 0.845. The molecule has 0 saturated carbocycles. The van der Waals surface area contributed by atoms with Gasteiger partial charge in [0.1, 0.15) is 0 Å². The number of carbonyl (C=O) groups is 1. The van der Waals surface area contributed by atoms with Crippen molar-refractivity contribution in [3.05, 3.63) is 34.6 Å². The zero-order valence-corrected chi connectivity index (χ0v) is 10.9. The second-order valence-corrected chi connectivity index (χ2v) is 4.90. The number of ketones is 1. The van der Waals surface area contributed by atoms with Gasteiger partial charge in [-0.05, 0) is 12.1 Å². The van der Waals surface area contributed by atoms with Crippen LogP contribution in [-0.4, -0.2) is 17.6 Å². The normalized spacial score (nSPS) is 18.7. The number of hydrogen-bond acceptors (Lipinski definition) is 3. The standard InChI is InChI=1S/C13H13ClFNO2/c1-7(2)13(17)11-6-10(16-18-11)8-4-3-5-9(14)12(8)15/h3-5,7,11H,6H2,1-2H3. The molecule has 1 aliphatic heterocycles. The van der Waals surface area contributed by atoms with Crippen LogP contribution in [0.1, 0.15) is 25.8 Å². The van der Waals surface area contributed by atoms with Crippen LogP contribution in [0.2, 0.25) is 5.02 Å². The number of oxime groups is 1. The Labute approximate surface area is 110 Å². The zero-order chi connectivity index (χ0) is 13.3. The van der Waals surface area contributed by atoms with E-state index < -0.39 is 11.9 Å². The lowest BCUT2D eigenvalue weighted by Gasteiger charge is -2.09. The monoisotopic (exact) mass is 269 g/mol. The number of rotatable bonds is 3. The minimum Gasteiger partial charge on any atom is -0.384 e. The van der Waals surface area contributed by atoms with Gasteiger partial charge in [-0.25, -0.2) is 4.39 Å². The van der Waals surface area contributed by atoms with Crippen molar-refractivity contribution < 1.29 is 14.0 Å². The first-order valence-corrected chi connectivity index (χ1v) is 6.09. The molecule has 1 aromatic carbocycles. The number of halogens is 2. The molecule has 2 rings (SSSR count). The van der Waals surface area contributed by atoms with Crippen molar-refractivity contribution in [2.24, 2.45) is 11.1 Å². The Hall–Kier alpha value is -1.42. The molecule has 1 aliphatic rings. The van der Waals surface area contributed by atoms with Crippen LogP contribution in [-0.2, 0) is 9.63 Å². The highest BCUT2D eigenvalue weighted by Crippen LogP contribution is 2.24. The molecule has 1 atom stereocenters. The van der Waals surface area contributed by atoms with Crippen LogP contribution >= 0.6 is 11.6 Å². The minimum atomic E-state index is -0.613. The third-order valence-electron chi connectivity index (χ3n) is 2.82. The van der Waals surface area contributed by atoms with Gasteiger partial charge in [-0.15, -0.1) is 0 Å². The lowest BCUT2D eigenvalue weighted by molar-refractivity contribution is -0.132. The first kappa shape index (κ1) is 13.0. The lowest BCUT2D eigenvalue weighted by Crippen LogP contribution is -2.25. The molecule has 0 N–H and O–H groups in total. The van der Waals surface area contributed by atoms with Crippen LogP contribution in [0.5, 0.6) is 0 Å². The van der Waals surface area contributed by atoms with Gasteiger partial charge in [0.25, 0.3) is 0 Å². The maximum absolute atomic E-state index is 13.8. The van der Waals surface area contributed by atoms with E-state index in [1.165, 1.54) is 6.07 Å². The third-order valence-corrected chi connectivity index (χ3v) is 3.11. The summed E-state index contributed by atoms with van der Waals surface area (Å²) < 4.78 is 13.8. The predicted octanol–water partition coefficient (Wildman–Crippen LogP) is 3.20. The van der Waals surface area contributed by atoms with Crippen LogP contribution in [0.3, 0.4) is 0 Å². The first-order valence-electron chi connectivity index (χ1n) is 5.71. The van der Waals surface area contributed by atoms with Crippen molar-refractivity contribution in [3.8, 4) is 0 Å². The van der Waals surface area contributed by atoms with E-state index in [1.807, 2.05) is 0 Å². The maximum Gasteiger partial charge on any atom is 0.191 e. The van der Waals surface area contributed by atoms with Gasteiger partial charge in [-0.1, -0.05) is 36.7 Å². The predicted molar refractivity (Wildman–Crippen MR) is 67.3 cm³/mol. The summed E-state index contributed by atoms with van der Waals surface area (Å²) in [7, 11) is 0. The fourth-order valence-electron chi connectivity index (χ4n) is 1.79. The lowest BCUT2D eigenvalue weighted by atomic mass is 9.97. The molecule has 0 spiro atoms. The smallest absolute Gasteiger partial charge is 0.191 e. The highest BCUT2D eigenvalue weighted by molar-refractivity contribution is 6.31. The Bertz CT molecular complexity index is 514. The summed E-state index contributed by atoms with van der Waals surface area (Å²) in [4.78, 5) is 16.8. The Morgan fingerprint density at radius 3 is 2.94 bits per heavy atom. The Morgan fingerprint density at radius 1 is 1.56 bits per heavy atom. The molecule has 5 heteroatoms. The summed E-state index contributed by atoms with van der Waals surface area (Å²) in [6.45, 7) is 3.59. The van der Waals surface area contributed by atoms with Crippen molar-refractivity contribution >= 4 is 23.1 Å². The summed E-state index contributed by atoms with van der Waals surface area (Å²) in [5, 5.41) is 3.83. The average Bonchev–Trinajstić information content (AvgIpc) is 2.80. The highest BCUT2D eigenvalue weighted by atomic mass is 35.5. The molecule has 0 radical (unpaired) electrons. The topological polar surface area (TPSA) is 38.7 Å². The van der Waals surface area contributed by atoms with Gasteiger partial charge in [-0.2, -0.15) is 0 Å². The number of Topliss-reactive ketones (excluding diaryl/α,β-unsaturated/α-hetero) is 1. The molecule has 3 nitrogen and oxygen atoms in total. The van der Waals surface area contributed by atoms with Crippen molar-refractivity contribution in [1.82, 2.24) is 0 Å². The molecule has 18 heavy (non-hydrogen) atoms. The van der Waals surface area contributed by atoms with E-state index in [4.69, 9.17) is 16.4 Å². The van der Waals surface area contributed by atoms with Crippen molar-refractivity contribution in [3.63, 3.8) is 0 Å². The van der Waals surface area contributed by atoms with E-state index in [-0.39, 0.29) is 23.1 Å². The molecule has 0 amide bonds. The molecule has 96 valence electrons. The molecule has 0 saturated heterocycles. The molecular formula is C13H13ClFNO2. The second kappa shape index (κ2) is 5.06. The molecule has 0 aromatic heterocycles. The van der Waals surface area contributed by atoms with Gasteiger partial charge in [0.2, 0.25) is 0 Å². The fraction of sp³-hybridized carbons (Fsp3) is 0.385. The third kappa shape index (κ3) is 2.38. The molecule has 0 bridgehead atoms. The second-order valence-electron chi connectivity index (χ2n) is 4.49. The van der Waals surface area contributed by atoms with Crippen LogP contribution in [0.25, 0.3) is 0 Å². The van der Waals surface area contributed by atoms with Gasteiger partial charge in [0.05, 0.1) is 10.7 Å². The number of carbonyl (C=O) groups excluding carboxylic acids is 1. The molecule has 1 unspecified atom stereocenters. The van der Waals surface area contributed by atoms with Gasteiger partial charge >= 0.3 is 0 Å². The molecular weight excluding hydrogens is 257 g/mol. The summed E-state index contributed by atoms with van der Waals surface area (Å²) in [5.74, 6) is -0.691. The fourth-order valence-corrected chi connectivity index (χ4v) is 1.96. The van der Waals surface area contributed by atoms with Gasteiger partial charge in [0.15, 0.2) is 17.7 Å². The number of hydrogen-bond donors (Lipinski definition) is 0. The van der Waals surface area contributed by atoms with Crippen molar-refractivity contribution in [2.75, 3.05) is 0 Å². The van der Waals surface area contributed by atoms with Crippen molar-refractivity contribution in [1.29, 1.82) is 0 Å². The van der Waals surface area contributed by atoms with E-state index in [2.05, 4.69) is 5.16 Å². The maximum atomic E-state index is 13.8. The van der Waals surface area contributed by atoms with E-state index >= 15 is 0 Å². The Balaban J connectivity index is 2.18. The van der Waals surface area contributed by atoms with Gasteiger partial charge < -0.3 is 4.84 Å². The summed E-state index contributed by atoms with van der Waals surface area (Å²) in [5.41, 5.74) is 0.718. The molecule has 0 fully saturated rings. The SMILES string of the molecule is CC(C)C(=O)C1CC(c2cccc(Cl)c2F)=NO1. The first-order chi connectivity index (χ1) is 8.50. The zero-order valence-electron chi connectivity index (χ0n) is 10.1. The Morgan fingerprint density at radius 2 is 2.28 bits per heavy atom. The number of nitrogens with zero attached hydrogens (tertiary/aromatic N) is 1. The summed E-state index contributed by atoms with van der Waals surface area (Å²) >= 11 is 5.70.